The maximum atomic E-state index is 13.4. The topological polar surface area (TPSA) is 103 Å². The van der Waals surface area contributed by atoms with E-state index in [1.165, 1.54) is 17.8 Å². The van der Waals surface area contributed by atoms with Gasteiger partial charge in [0.25, 0.3) is 5.91 Å². The molecule has 3 N–H and O–H groups in total. The molecule has 6 rings (SSSR count). The standard InChI is InChI=1S/C28H31FN6O2/c29-24-15-19(7-11-30-24)28(37)35-13-9-21(10-14-35)32-20-5-3-17(4-6-20)23-16-25(34-27(36)18-1-2-18)33-26-22(23)8-12-31-26/h3,7-8,11-12,15-16,18,20-21,32H,1-2,4-6,9-10,13-14H2,(H2,31,33,34,36). The van der Waals surface area contributed by atoms with Gasteiger partial charge in [0, 0.05) is 60.5 Å². The molecule has 1 unspecified atom stereocenters. The molecule has 4 heterocycles. The number of hydrogen-bond donors (Lipinski definition) is 3. The Balaban J connectivity index is 1.06. The minimum Gasteiger partial charge on any atom is -0.346 e. The molecule has 1 atom stereocenters. The third-order valence-corrected chi connectivity index (χ3v) is 7.71. The first-order chi connectivity index (χ1) is 18.0. The number of aromatic nitrogens is 3. The maximum Gasteiger partial charge on any atom is 0.254 e. The number of aromatic amines is 1. The quantitative estimate of drug-likeness (QED) is 0.437. The SMILES string of the molecule is O=C(Nc1cc(C2=CCC(NC3CCN(C(=O)c4ccnc(F)c4)CC3)CC2)c2cc[nH]c2n1)C1CC1. The number of likely N-dealkylation sites (tertiary alicyclic amines) is 1. The number of anilines is 1. The molecule has 8 nitrogen and oxygen atoms in total. The van der Waals surface area contributed by atoms with Crippen LogP contribution < -0.4 is 10.6 Å². The molecule has 2 amide bonds. The highest BCUT2D eigenvalue weighted by molar-refractivity contribution is 5.97. The minimum atomic E-state index is -0.629. The van der Waals surface area contributed by atoms with Crippen LogP contribution in [-0.4, -0.2) is 56.8 Å². The monoisotopic (exact) mass is 502 g/mol. The first kappa shape index (κ1) is 23.8. The number of carbonyl (C=O) groups excluding carboxylic acids is 2. The third-order valence-electron chi connectivity index (χ3n) is 7.71. The Bertz CT molecular complexity index is 1360. The molecule has 0 aromatic carbocycles. The lowest BCUT2D eigenvalue weighted by Crippen LogP contribution is -2.48. The largest absolute Gasteiger partial charge is 0.346 e. The Labute approximate surface area is 214 Å². The van der Waals surface area contributed by atoms with Gasteiger partial charge in [-0.15, -0.1) is 0 Å². The van der Waals surface area contributed by atoms with Gasteiger partial charge in [0.05, 0.1) is 0 Å². The normalized spacial score (nSPS) is 20.6. The van der Waals surface area contributed by atoms with Gasteiger partial charge in [-0.3, -0.25) is 9.59 Å². The molecular formula is C28H31FN6O2. The number of halogens is 1. The summed E-state index contributed by atoms with van der Waals surface area (Å²) < 4.78 is 13.4. The van der Waals surface area contributed by atoms with E-state index in [9.17, 15) is 14.0 Å². The van der Waals surface area contributed by atoms with E-state index in [2.05, 4.69) is 31.7 Å². The first-order valence-corrected chi connectivity index (χ1v) is 13.2. The van der Waals surface area contributed by atoms with Crippen LogP contribution in [0.2, 0.25) is 0 Å². The van der Waals surface area contributed by atoms with Crippen LogP contribution in [0.5, 0.6) is 0 Å². The van der Waals surface area contributed by atoms with Gasteiger partial charge in [0.15, 0.2) is 0 Å². The van der Waals surface area contributed by atoms with E-state index >= 15 is 0 Å². The molecule has 192 valence electrons. The van der Waals surface area contributed by atoms with Crippen LogP contribution in [0.4, 0.5) is 10.2 Å². The number of piperidine rings is 1. The molecular weight excluding hydrogens is 471 g/mol. The molecule has 2 aliphatic carbocycles. The number of fused-ring (bicyclic) bond motifs is 1. The van der Waals surface area contributed by atoms with Crippen molar-refractivity contribution >= 4 is 34.2 Å². The predicted octanol–water partition coefficient (Wildman–Crippen LogP) is 4.28. The molecule has 0 radical (unpaired) electrons. The van der Waals surface area contributed by atoms with Crippen molar-refractivity contribution in [1.29, 1.82) is 0 Å². The Kier molecular flexibility index (Phi) is 6.46. The highest BCUT2D eigenvalue weighted by atomic mass is 19.1. The Morgan fingerprint density at radius 3 is 2.62 bits per heavy atom. The van der Waals surface area contributed by atoms with Gasteiger partial charge >= 0.3 is 0 Å². The Morgan fingerprint density at radius 2 is 1.89 bits per heavy atom. The molecule has 9 heteroatoms. The second-order valence-electron chi connectivity index (χ2n) is 10.4. The van der Waals surface area contributed by atoms with Crippen LogP contribution in [0.3, 0.4) is 0 Å². The van der Waals surface area contributed by atoms with Crippen LogP contribution in [0.1, 0.15) is 60.9 Å². The van der Waals surface area contributed by atoms with Crippen molar-refractivity contribution in [1.82, 2.24) is 25.2 Å². The predicted molar refractivity (Wildman–Crippen MR) is 139 cm³/mol. The summed E-state index contributed by atoms with van der Waals surface area (Å²) in [4.78, 5) is 38.1. The molecule has 0 bridgehead atoms. The highest BCUT2D eigenvalue weighted by Crippen LogP contribution is 2.34. The summed E-state index contributed by atoms with van der Waals surface area (Å²) in [5, 5.41) is 7.87. The molecule has 1 saturated heterocycles. The number of hydrogen-bond acceptors (Lipinski definition) is 5. The van der Waals surface area contributed by atoms with Gasteiger partial charge in [-0.1, -0.05) is 6.08 Å². The van der Waals surface area contributed by atoms with E-state index < -0.39 is 5.95 Å². The smallest absolute Gasteiger partial charge is 0.254 e. The average Bonchev–Trinajstić information content (AvgIpc) is 3.67. The summed E-state index contributed by atoms with van der Waals surface area (Å²) in [5.41, 5.74) is 3.57. The van der Waals surface area contributed by atoms with E-state index in [0.29, 0.717) is 36.6 Å². The molecule has 0 spiro atoms. The number of rotatable bonds is 6. The average molecular weight is 503 g/mol. The lowest BCUT2D eigenvalue weighted by Gasteiger charge is -2.35. The zero-order valence-corrected chi connectivity index (χ0v) is 20.7. The molecule has 3 aromatic rings. The van der Waals surface area contributed by atoms with Gasteiger partial charge in [-0.05, 0) is 74.3 Å². The number of carbonyl (C=O) groups is 2. The second-order valence-corrected chi connectivity index (χ2v) is 10.4. The molecule has 37 heavy (non-hydrogen) atoms. The van der Waals surface area contributed by atoms with Gasteiger partial charge < -0.3 is 20.5 Å². The van der Waals surface area contributed by atoms with E-state index in [4.69, 9.17) is 0 Å². The van der Waals surface area contributed by atoms with Crippen molar-refractivity contribution in [3.8, 4) is 0 Å². The van der Waals surface area contributed by atoms with Gasteiger partial charge in [-0.2, -0.15) is 4.39 Å². The molecule has 3 aliphatic rings. The Hall–Kier alpha value is -3.59. The van der Waals surface area contributed by atoms with Crippen LogP contribution in [-0.2, 0) is 4.79 Å². The molecule has 1 saturated carbocycles. The van der Waals surface area contributed by atoms with Crippen molar-refractivity contribution in [3.63, 3.8) is 0 Å². The molecule has 3 aromatic heterocycles. The highest BCUT2D eigenvalue weighted by Gasteiger charge is 2.30. The minimum absolute atomic E-state index is 0.0620. The number of nitrogens with zero attached hydrogens (tertiary/aromatic N) is 3. The van der Waals surface area contributed by atoms with E-state index in [1.807, 2.05) is 18.3 Å². The molecule has 1 aliphatic heterocycles. The van der Waals surface area contributed by atoms with Gasteiger partial charge in [0.1, 0.15) is 11.5 Å². The van der Waals surface area contributed by atoms with Crippen molar-refractivity contribution in [3.05, 3.63) is 59.8 Å². The fraction of sp³-hybridized carbons (Fsp3) is 0.429. The third kappa shape index (κ3) is 5.27. The van der Waals surface area contributed by atoms with Gasteiger partial charge in [0.2, 0.25) is 11.9 Å². The summed E-state index contributed by atoms with van der Waals surface area (Å²) >= 11 is 0. The van der Waals surface area contributed by atoms with Crippen LogP contribution >= 0.6 is 0 Å². The summed E-state index contributed by atoms with van der Waals surface area (Å²) in [6.45, 7) is 1.32. The number of nitrogens with one attached hydrogen (secondary N) is 3. The summed E-state index contributed by atoms with van der Waals surface area (Å²) in [6.07, 6.45) is 12.1. The van der Waals surface area contributed by atoms with Crippen LogP contribution in [0.25, 0.3) is 16.6 Å². The van der Waals surface area contributed by atoms with E-state index in [-0.39, 0.29) is 17.7 Å². The summed E-state index contributed by atoms with van der Waals surface area (Å²) in [7, 11) is 0. The number of allylic oxidation sites excluding steroid dienone is 1. The van der Waals surface area contributed by atoms with Crippen molar-refractivity contribution < 1.29 is 14.0 Å². The lowest BCUT2D eigenvalue weighted by atomic mass is 9.89. The van der Waals surface area contributed by atoms with Crippen molar-refractivity contribution in [2.45, 2.75) is 57.0 Å². The zero-order valence-electron chi connectivity index (χ0n) is 20.7. The maximum absolute atomic E-state index is 13.4. The second kappa shape index (κ2) is 10.0. The fourth-order valence-corrected chi connectivity index (χ4v) is 5.47. The van der Waals surface area contributed by atoms with Gasteiger partial charge in [-0.25, -0.2) is 9.97 Å². The van der Waals surface area contributed by atoms with E-state index in [1.54, 1.807) is 11.0 Å². The van der Waals surface area contributed by atoms with Crippen molar-refractivity contribution in [2.75, 3.05) is 18.4 Å². The number of amides is 2. The summed E-state index contributed by atoms with van der Waals surface area (Å²) in [5.74, 6) is 0.0427. The lowest BCUT2D eigenvalue weighted by molar-refractivity contribution is -0.117. The van der Waals surface area contributed by atoms with E-state index in [0.717, 1.165) is 61.5 Å². The summed E-state index contributed by atoms with van der Waals surface area (Å²) in [6, 6.07) is 7.58. The fourth-order valence-electron chi connectivity index (χ4n) is 5.47. The first-order valence-electron chi connectivity index (χ1n) is 13.2. The molecule has 2 fully saturated rings. The zero-order chi connectivity index (χ0) is 25.4. The number of H-pyrrole nitrogens is 1. The van der Waals surface area contributed by atoms with Crippen molar-refractivity contribution in [2.24, 2.45) is 5.92 Å². The van der Waals surface area contributed by atoms with Crippen LogP contribution in [0.15, 0.2) is 42.7 Å². The number of pyridine rings is 2. The van der Waals surface area contributed by atoms with Crippen LogP contribution in [0, 0.1) is 11.9 Å². The Morgan fingerprint density at radius 1 is 1.05 bits per heavy atom.